The SMILES string of the molecule is CCOc1ccc2c(ccn2CC2CN(CC)CCO2)c1. The van der Waals surface area contributed by atoms with Gasteiger partial charge in [-0.05, 0) is 37.7 Å². The van der Waals surface area contributed by atoms with E-state index in [1.54, 1.807) is 0 Å². The van der Waals surface area contributed by atoms with E-state index in [2.05, 4.69) is 40.8 Å². The van der Waals surface area contributed by atoms with Crippen LogP contribution < -0.4 is 4.74 Å². The second-order valence-electron chi connectivity index (χ2n) is 5.51. The monoisotopic (exact) mass is 288 g/mol. The van der Waals surface area contributed by atoms with Crippen LogP contribution in [0.5, 0.6) is 5.75 Å². The number of ether oxygens (including phenoxy) is 2. The summed E-state index contributed by atoms with van der Waals surface area (Å²) in [5, 5.41) is 1.23. The van der Waals surface area contributed by atoms with Crippen molar-refractivity contribution in [1.29, 1.82) is 0 Å². The molecule has 0 bridgehead atoms. The Bertz CT molecular complexity index is 593. The summed E-state index contributed by atoms with van der Waals surface area (Å²) in [6.07, 6.45) is 2.43. The Hall–Kier alpha value is -1.52. The van der Waals surface area contributed by atoms with Crippen molar-refractivity contribution in [2.45, 2.75) is 26.5 Å². The van der Waals surface area contributed by atoms with Gasteiger partial charge in [-0.1, -0.05) is 6.92 Å². The first-order valence-corrected chi connectivity index (χ1v) is 7.85. The first kappa shape index (κ1) is 14.4. The van der Waals surface area contributed by atoms with Gasteiger partial charge in [-0.2, -0.15) is 0 Å². The van der Waals surface area contributed by atoms with Gasteiger partial charge in [-0.25, -0.2) is 0 Å². The summed E-state index contributed by atoms with van der Waals surface area (Å²) in [5.74, 6) is 0.939. The largest absolute Gasteiger partial charge is 0.494 e. The van der Waals surface area contributed by atoms with E-state index in [9.17, 15) is 0 Å². The van der Waals surface area contributed by atoms with E-state index in [0.717, 1.165) is 38.5 Å². The molecule has 1 aromatic heterocycles. The molecule has 114 valence electrons. The molecule has 0 spiro atoms. The van der Waals surface area contributed by atoms with Crippen LogP contribution >= 0.6 is 0 Å². The molecule has 0 aliphatic carbocycles. The average molecular weight is 288 g/mol. The summed E-state index contributed by atoms with van der Waals surface area (Å²) in [5.41, 5.74) is 1.25. The van der Waals surface area contributed by atoms with E-state index in [1.165, 1.54) is 10.9 Å². The van der Waals surface area contributed by atoms with Crippen molar-refractivity contribution in [2.24, 2.45) is 0 Å². The molecule has 0 radical (unpaired) electrons. The summed E-state index contributed by atoms with van der Waals surface area (Å²) in [6, 6.07) is 8.44. The smallest absolute Gasteiger partial charge is 0.120 e. The molecule has 4 nitrogen and oxygen atoms in total. The third-order valence-electron chi connectivity index (χ3n) is 4.12. The molecule has 0 amide bonds. The molecule has 0 N–H and O–H groups in total. The maximum absolute atomic E-state index is 5.91. The number of fused-ring (bicyclic) bond motifs is 1. The van der Waals surface area contributed by atoms with Crippen molar-refractivity contribution < 1.29 is 9.47 Å². The van der Waals surface area contributed by atoms with E-state index in [-0.39, 0.29) is 6.10 Å². The van der Waals surface area contributed by atoms with Crippen LogP contribution in [0.25, 0.3) is 10.9 Å². The van der Waals surface area contributed by atoms with E-state index >= 15 is 0 Å². The molecule has 1 atom stereocenters. The molecular formula is C17H24N2O2. The highest BCUT2D eigenvalue weighted by molar-refractivity contribution is 5.81. The molecule has 0 saturated carbocycles. The Labute approximate surface area is 126 Å². The lowest BCUT2D eigenvalue weighted by Gasteiger charge is -2.32. The van der Waals surface area contributed by atoms with Gasteiger partial charge in [-0.3, -0.25) is 4.90 Å². The fourth-order valence-electron chi connectivity index (χ4n) is 2.99. The highest BCUT2D eigenvalue weighted by Gasteiger charge is 2.20. The Balaban J connectivity index is 1.75. The molecule has 1 unspecified atom stereocenters. The minimum absolute atomic E-state index is 0.279. The van der Waals surface area contributed by atoms with E-state index < -0.39 is 0 Å². The van der Waals surface area contributed by atoms with Crippen LogP contribution in [0.3, 0.4) is 0 Å². The third kappa shape index (κ3) is 3.22. The minimum Gasteiger partial charge on any atom is -0.494 e. The number of benzene rings is 1. The molecule has 3 rings (SSSR count). The lowest BCUT2D eigenvalue weighted by Crippen LogP contribution is -2.43. The minimum atomic E-state index is 0.279. The second kappa shape index (κ2) is 6.50. The number of rotatable bonds is 5. The number of nitrogens with zero attached hydrogens (tertiary/aromatic N) is 2. The van der Waals surface area contributed by atoms with Gasteiger partial charge in [0.25, 0.3) is 0 Å². The summed E-state index contributed by atoms with van der Waals surface area (Å²) >= 11 is 0. The molecule has 4 heteroatoms. The second-order valence-corrected chi connectivity index (χ2v) is 5.51. The molecule has 2 aromatic rings. The Morgan fingerprint density at radius 1 is 1.29 bits per heavy atom. The Kier molecular flexibility index (Phi) is 4.46. The van der Waals surface area contributed by atoms with Crippen LogP contribution in [-0.4, -0.2) is 48.4 Å². The quantitative estimate of drug-likeness (QED) is 0.846. The average Bonchev–Trinajstić information content (AvgIpc) is 2.90. The number of hydrogen-bond donors (Lipinski definition) is 0. The van der Waals surface area contributed by atoms with Crippen LogP contribution in [-0.2, 0) is 11.3 Å². The number of morpholine rings is 1. The van der Waals surface area contributed by atoms with Crippen LogP contribution in [0.1, 0.15) is 13.8 Å². The Morgan fingerprint density at radius 3 is 3.00 bits per heavy atom. The standard InChI is InChI=1S/C17H24N2O2/c1-3-18-9-10-21-16(12-18)13-19-8-7-14-11-15(20-4-2)5-6-17(14)19/h5-8,11,16H,3-4,9-10,12-13H2,1-2H3. The third-order valence-corrected chi connectivity index (χ3v) is 4.12. The zero-order valence-corrected chi connectivity index (χ0v) is 12.9. The molecule has 1 aliphatic rings. The topological polar surface area (TPSA) is 26.6 Å². The van der Waals surface area contributed by atoms with Crippen LogP contribution in [0.2, 0.25) is 0 Å². The van der Waals surface area contributed by atoms with Gasteiger partial charge in [0.1, 0.15) is 5.75 Å². The van der Waals surface area contributed by atoms with Crippen LogP contribution in [0.4, 0.5) is 0 Å². The summed E-state index contributed by atoms with van der Waals surface area (Å²) < 4.78 is 13.8. The molecule has 1 aromatic carbocycles. The number of aromatic nitrogens is 1. The fraction of sp³-hybridized carbons (Fsp3) is 0.529. The summed E-state index contributed by atoms with van der Waals surface area (Å²) in [6.45, 7) is 9.85. The van der Waals surface area contributed by atoms with Gasteiger partial charge in [-0.15, -0.1) is 0 Å². The van der Waals surface area contributed by atoms with Gasteiger partial charge in [0.15, 0.2) is 0 Å². The zero-order valence-electron chi connectivity index (χ0n) is 12.9. The van der Waals surface area contributed by atoms with E-state index in [0.29, 0.717) is 6.61 Å². The highest BCUT2D eigenvalue weighted by atomic mass is 16.5. The lowest BCUT2D eigenvalue weighted by atomic mass is 10.2. The first-order chi connectivity index (χ1) is 10.3. The van der Waals surface area contributed by atoms with Gasteiger partial charge in [0.05, 0.1) is 25.9 Å². The van der Waals surface area contributed by atoms with Crippen molar-refractivity contribution in [3.05, 3.63) is 30.5 Å². The summed E-state index contributed by atoms with van der Waals surface area (Å²) in [4.78, 5) is 2.45. The number of hydrogen-bond acceptors (Lipinski definition) is 3. The van der Waals surface area contributed by atoms with Crippen molar-refractivity contribution in [3.63, 3.8) is 0 Å². The lowest BCUT2D eigenvalue weighted by molar-refractivity contribution is -0.0337. The molecule has 21 heavy (non-hydrogen) atoms. The van der Waals surface area contributed by atoms with Gasteiger partial charge < -0.3 is 14.0 Å². The fourth-order valence-corrected chi connectivity index (χ4v) is 2.99. The molecule has 2 heterocycles. The van der Waals surface area contributed by atoms with Gasteiger partial charge in [0.2, 0.25) is 0 Å². The van der Waals surface area contributed by atoms with Gasteiger partial charge in [0, 0.05) is 30.2 Å². The van der Waals surface area contributed by atoms with Crippen LogP contribution in [0.15, 0.2) is 30.5 Å². The Morgan fingerprint density at radius 2 is 2.19 bits per heavy atom. The predicted octanol–water partition coefficient (Wildman–Crippen LogP) is 2.76. The normalized spacial score (nSPS) is 20.0. The molecular weight excluding hydrogens is 264 g/mol. The van der Waals surface area contributed by atoms with Crippen molar-refractivity contribution in [3.8, 4) is 5.75 Å². The maximum Gasteiger partial charge on any atom is 0.120 e. The van der Waals surface area contributed by atoms with Crippen LogP contribution in [0, 0.1) is 0 Å². The van der Waals surface area contributed by atoms with Crippen molar-refractivity contribution in [1.82, 2.24) is 9.47 Å². The maximum atomic E-state index is 5.91. The summed E-state index contributed by atoms with van der Waals surface area (Å²) in [7, 11) is 0. The molecule has 1 fully saturated rings. The molecule has 1 aliphatic heterocycles. The van der Waals surface area contributed by atoms with Crippen molar-refractivity contribution in [2.75, 3.05) is 32.8 Å². The highest BCUT2D eigenvalue weighted by Crippen LogP contribution is 2.23. The van der Waals surface area contributed by atoms with E-state index in [4.69, 9.17) is 9.47 Å². The predicted molar refractivity (Wildman–Crippen MR) is 85.0 cm³/mol. The van der Waals surface area contributed by atoms with Gasteiger partial charge >= 0.3 is 0 Å². The van der Waals surface area contributed by atoms with Crippen molar-refractivity contribution >= 4 is 10.9 Å². The number of likely N-dealkylation sites (N-methyl/N-ethyl adjacent to an activating group) is 1. The zero-order chi connectivity index (χ0) is 14.7. The first-order valence-electron chi connectivity index (χ1n) is 7.85. The molecule has 1 saturated heterocycles. The van der Waals surface area contributed by atoms with E-state index in [1.807, 2.05) is 13.0 Å².